The predicted molar refractivity (Wildman–Crippen MR) is 126 cm³/mol. The van der Waals surface area contributed by atoms with E-state index in [1.807, 2.05) is 24.9 Å². The maximum absolute atomic E-state index is 13.4. The summed E-state index contributed by atoms with van der Waals surface area (Å²) in [6.45, 7) is 2.12. The van der Waals surface area contributed by atoms with E-state index in [2.05, 4.69) is 20.7 Å². The molecule has 2 N–H and O–H groups in total. The Labute approximate surface area is 198 Å². The minimum absolute atomic E-state index is 0.163. The van der Waals surface area contributed by atoms with Crippen LogP contribution in [0, 0.1) is 12.8 Å². The molecule has 0 bridgehead atoms. The molecular formula is C22H29ClN6O3S. The SMILES string of the molecule is CNC1(NC(=O)[C@@H]2C[C@@H](S(=O)(=O)CC3CC3)CN2c2cc(C)nn2-c2ccnc(Cl)c2)CC1. The molecule has 178 valence electrons. The summed E-state index contributed by atoms with van der Waals surface area (Å²) in [6, 6.07) is 4.76. The van der Waals surface area contributed by atoms with Crippen LogP contribution in [0.5, 0.6) is 0 Å². The first-order valence-electron chi connectivity index (χ1n) is 11.4. The number of rotatable bonds is 8. The highest BCUT2D eigenvalue weighted by atomic mass is 35.5. The topological polar surface area (TPSA) is 109 Å². The van der Waals surface area contributed by atoms with Crippen LogP contribution in [0.25, 0.3) is 5.69 Å². The fourth-order valence-electron chi connectivity index (χ4n) is 4.59. The third kappa shape index (κ3) is 4.61. The van der Waals surface area contributed by atoms with E-state index in [0.29, 0.717) is 16.7 Å². The van der Waals surface area contributed by atoms with Gasteiger partial charge in [0, 0.05) is 24.9 Å². The summed E-state index contributed by atoms with van der Waals surface area (Å²) < 4.78 is 28.0. The van der Waals surface area contributed by atoms with E-state index < -0.39 is 21.1 Å². The molecule has 2 atom stereocenters. The van der Waals surface area contributed by atoms with E-state index >= 15 is 0 Å². The smallest absolute Gasteiger partial charge is 0.244 e. The second-order valence-electron chi connectivity index (χ2n) is 9.51. The Morgan fingerprint density at radius 3 is 2.70 bits per heavy atom. The summed E-state index contributed by atoms with van der Waals surface area (Å²) in [7, 11) is -1.49. The Morgan fingerprint density at radius 2 is 2.06 bits per heavy atom. The molecule has 2 aliphatic carbocycles. The first-order valence-corrected chi connectivity index (χ1v) is 13.5. The van der Waals surface area contributed by atoms with E-state index in [9.17, 15) is 13.2 Å². The lowest BCUT2D eigenvalue weighted by atomic mass is 10.2. The van der Waals surface area contributed by atoms with Crippen molar-refractivity contribution in [2.24, 2.45) is 5.92 Å². The van der Waals surface area contributed by atoms with Crippen LogP contribution in [0.1, 0.15) is 37.8 Å². The van der Waals surface area contributed by atoms with Crippen molar-refractivity contribution in [2.45, 2.75) is 56.0 Å². The molecule has 1 aliphatic heterocycles. The molecule has 3 aliphatic rings. The molecule has 0 aromatic carbocycles. The molecule has 1 amide bonds. The molecule has 2 aromatic heterocycles. The van der Waals surface area contributed by atoms with Crippen molar-refractivity contribution in [3.8, 4) is 5.69 Å². The number of nitrogens with zero attached hydrogens (tertiary/aromatic N) is 4. The number of sulfone groups is 1. The number of hydrogen-bond donors (Lipinski definition) is 2. The summed E-state index contributed by atoms with van der Waals surface area (Å²) in [5.74, 6) is 0.984. The van der Waals surface area contributed by atoms with Gasteiger partial charge in [0.15, 0.2) is 9.84 Å². The van der Waals surface area contributed by atoms with Crippen LogP contribution >= 0.6 is 11.6 Å². The highest BCUT2D eigenvalue weighted by Crippen LogP contribution is 2.37. The Hall–Kier alpha value is -2.17. The number of amides is 1. The summed E-state index contributed by atoms with van der Waals surface area (Å²) in [4.78, 5) is 19.3. The number of anilines is 1. The first kappa shape index (κ1) is 22.6. The fourth-order valence-corrected chi connectivity index (χ4v) is 6.89. The molecule has 2 saturated carbocycles. The summed E-state index contributed by atoms with van der Waals surface area (Å²) in [5, 5.41) is 10.6. The standard InChI is InChI=1S/C22H29ClN6O3S/c1-14-9-20(29(27-14)16-5-8-25-19(23)10-16)28-12-17(33(31,32)13-15-3-4-15)11-18(28)21(30)26-22(24-2)6-7-22/h5,8-10,15,17-18,24H,3-4,6-7,11-13H2,1-2H3,(H,26,30)/t17-,18+/m1/s1. The van der Waals surface area contributed by atoms with E-state index in [1.54, 1.807) is 23.0 Å². The molecule has 1 saturated heterocycles. The van der Waals surface area contributed by atoms with Gasteiger partial charge >= 0.3 is 0 Å². The quantitative estimate of drug-likeness (QED) is 0.427. The maximum atomic E-state index is 13.4. The second-order valence-corrected chi connectivity index (χ2v) is 12.2. The van der Waals surface area contributed by atoms with Gasteiger partial charge in [0.25, 0.3) is 0 Å². The van der Waals surface area contributed by atoms with Crippen molar-refractivity contribution in [3.05, 3.63) is 35.2 Å². The van der Waals surface area contributed by atoms with Crippen molar-refractivity contribution in [1.29, 1.82) is 0 Å². The van der Waals surface area contributed by atoms with Gasteiger partial charge in [-0.1, -0.05) is 11.6 Å². The number of carbonyl (C=O) groups excluding carboxylic acids is 1. The fraction of sp³-hybridized carbons (Fsp3) is 0.591. The zero-order valence-corrected chi connectivity index (χ0v) is 20.4. The number of nitrogens with one attached hydrogen (secondary N) is 2. The van der Waals surface area contributed by atoms with Crippen molar-refractivity contribution in [3.63, 3.8) is 0 Å². The van der Waals surface area contributed by atoms with Gasteiger partial charge in [-0.25, -0.2) is 18.1 Å². The summed E-state index contributed by atoms with van der Waals surface area (Å²) in [6.07, 6.45) is 5.52. The van der Waals surface area contributed by atoms with Gasteiger partial charge in [0.05, 0.1) is 28.0 Å². The Morgan fingerprint density at radius 1 is 1.30 bits per heavy atom. The second kappa shape index (κ2) is 8.25. The van der Waals surface area contributed by atoms with Gasteiger partial charge < -0.3 is 10.2 Å². The zero-order valence-electron chi connectivity index (χ0n) is 18.8. The van der Waals surface area contributed by atoms with Crippen LogP contribution in [0.15, 0.2) is 24.4 Å². The predicted octanol–water partition coefficient (Wildman–Crippen LogP) is 1.83. The molecule has 3 heterocycles. The van der Waals surface area contributed by atoms with E-state index in [0.717, 1.165) is 31.4 Å². The molecule has 3 fully saturated rings. The number of aromatic nitrogens is 3. The number of pyridine rings is 1. The average molecular weight is 493 g/mol. The lowest BCUT2D eigenvalue weighted by molar-refractivity contribution is -0.123. The van der Waals surface area contributed by atoms with Crippen LogP contribution in [0.3, 0.4) is 0 Å². The van der Waals surface area contributed by atoms with Crippen molar-refractivity contribution in [2.75, 3.05) is 24.2 Å². The number of carbonyl (C=O) groups is 1. The molecule has 9 nitrogen and oxygen atoms in total. The molecule has 11 heteroatoms. The summed E-state index contributed by atoms with van der Waals surface area (Å²) >= 11 is 6.11. The number of aryl methyl sites for hydroxylation is 1. The molecule has 0 unspecified atom stereocenters. The maximum Gasteiger partial charge on any atom is 0.244 e. The van der Waals surface area contributed by atoms with Gasteiger partial charge in [-0.3, -0.25) is 10.1 Å². The Kier molecular flexibility index (Phi) is 5.65. The van der Waals surface area contributed by atoms with Crippen LogP contribution in [0.2, 0.25) is 5.15 Å². The van der Waals surface area contributed by atoms with Gasteiger partial charge in [0.2, 0.25) is 5.91 Å². The Balaban J connectivity index is 1.50. The zero-order chi connectivity index (χ0) is 23.4. The van der Waals surface area contributed by atoms with Gasteiger partial charge in [-0.05, 0) is 58.1 Å². The monoisotopic (exact) mass is 492 g/mol. The van der Waals surface area contributed by atoms with Gasteiger partial charge in [-0.15, -0.1) is 0 Å². The molecule has 5 rings (SSSR count). The molecular weight excluding hydrogens is 464 g/mol. The highest BCUT2D eigenvalue weighted by Gasteiger charge is 2.49. The van der Waals surface area contributed by atoms with E-state index in [-0.39, 0.29) is 36.2 Å². The highest BCUT2D eigenvalue weighted by molar-refractivity contribution is 7.92. The average Bonchev–Trinajstić information content (AvgIpc) is 3.65. The minimum atomic E-state index is -3.31. The van der Waals surface area contributed by atoms with Gasteiger partial charge in [-0.2, -0.15) is 5.10 Å². The number of halogens is 1. The minimum Gasteiger partial charge on any atom is -0.343 e. The van der Waals surface area contributed by atoms with E-state index in [4.69, 9.17) is 11.6 Å². The molecule has 0 radical (unpaired) electrons. The van der Waals surface area contributed by atoms with Gasteiger partial charge in [0.1, 0.15) is 17.0 Å². The lowest BCUT2D eigenvalue weighted by Crippen LogP contribution is -2.53. The van der Waals surface area contributed by atoms with E-state index in [1.165, 1.54) is 0 Å². The third-order valence-corrected chi connectivity index (χ3v) is 9.39. The van der Waals surface area contributed by atoms with Crippen LogP contribution in [0.4, 0.5) is 5.82 Å². The molecule has 0 spiro atoms. The van der Waals surface area contributed by atoms with Crippen LogP contribution in [-0.2, 0) is 14.6 Å². The molecule has 33 heavy (non-hydrogen) atoms. The van der Waals surface area contributed by atoms with Crippen LogP contribution < -0.4 is 15.5 Å². The van der Waals surface area contributed by atoms with Crippen molar-refractivity contribution >= 4 is 33.2 Å². The Bertz CT molecular complexity index is 1170. The largest absolute Gasteiger partial charge is 0.343 e. The van der Waals surface area contributed by atoms with Crippen LogP contribution in [-0.4, -0.2) is 65.4 Å². The van der Waals surface area contributed by atoms with Crippen molar-refractivity contribution < 1.29 is 13.2 Å². The molecule has 2 aromatic rings. The number of hydrogen-bond acceptors (Lipinski definition) is 7. The van der Waals surface area contributed by atoms with Crippen molar-refractivity contribution in [1.82, 2.24) is 25.4 Å². The first-order chi connectivity index (χ1) is 15.7. The lowest BCUT2D eigenvalue weighted by Gasteiger charge is -2.28. The third-order valence-electron chi connectivity index (χ3n) is 6.89. The normalized spacial score (nSPS) is 24.2. The summed E-state index contributed by atoms with van der Waals surface area (Å²) in [5.41, 5.74) is 1.08.